The number of carbonyl (C=O) groups is 1. The molecule has 1 aromatic carbocycles. The topological polar surface area (TPSA) is 121 Å². The van der Waals surface area contributed by atoms with E-state index in [-0.39, 0.29) is 6.04 Å². The van der Waals surface area contributed by atoms with E-state index in [9.17, 15) is 4.79 Å². The van der Waals surface area contributed by atoms with Crippen LogP contribution in [0, 0.1) is 0 Å². The minimum atomic E-state index is -0.647. The van der Waals surface area contributed by atoms with Gasteiger partial charge >= 0.3 is 11.9 Å². The number of anilines is 2. The molecular weight excluding hydrogens is 334 g/mol. The molecule has 0 atom stereocenters. The fraction of sp³-hybridized carbons (Fsp3) is 0.412. The van der Waals surface area contributed by atoms with Crippen LogP contribution in [0.5, 0.6) is 0 Å². The first kappa shape index (κ1) is 17.9. The summed E-state index contributed by atoms with van der Waals surface area (Å²) in [6.45, 7) is 6.92. The number of rotatable bonds is 4. The summed E-state index contributed by atoms with van der Waals surface area (Å²) in [5.74, 6) is 0.474. The van der Waals surface area contributed by atoms with Crippen LogP contribution in [0.3, 0.4) is 0 Å². The maximum Gasteiger partial charge on any atom is 0.321 e. The van der Waals surface area contributed by atoms with Gasteiger partial charge in [0.05, 0.1) is 24.6 Å². The Labute approximate surface area is 152 Å². The Bertz CT molecular complexity index is 792. The summed E-state index contributed by atoms with van der Waals surface area (Å²) >= 11 is 0. The van der Waals surface area contributed by atoms with E-state index in [4.69, 9.17) is 16.2 Å². The number of urea groups is 1. The van der Waals surface area contributed by atoms with Crippen LogP contribution in [0.1, 0.15) is 13.8 Å². The fourth-order valence-corrected chi connectivity index (χ4v) is 2.86. The highest BCUT2D eigenvalue weighted by molar-refractivity contribution is 6.62. The van der Waals surface area contributed by atoms with Gasteiger partial charge in [-0.3, -0.25) is 5.73 Å². The number of morpholine rings is 1. The van der Waals surface area contributed by atoms with E-state index in [1.807, 2.05) is 32.0 Å². The van der Waals surface area contributed by atoms with Crippen molar-refractivity contribution >= 4 is 40.9 Å². The molecule has 0 radical (unpaired) electrons. The van der Waals surface area contributed by atoms with Crippen molar-refractivity contribution in [3.63, 3.8) is 0 Å². The number of primary amides is 1. The second-order valence-corrected chi connectivity index (χ2v) is 6.36. The maximum atomic E-state index is 11.4. The number of carbonyl (C=O) groups excluding carboxylic acids is 1. The molecule has 0 aliphatic carbocycles. The lowest BCUT2D eigenvalue weighted by atomic mass is 10.2. The number of nitrogens with two attached hydrogens (primary N) is 2. The van der Waals surface area contributed by atoms with Crippen molar-refractivity contribution in [3.05, 3.63) is 18.2 Å². The Morgan fingerprint density at radius 1 is 1.38 bits per heavy atom. The molecule has 138 valence electrons. The van der Waals surface area contributed by atoms with Crippen LogP contribution in [-0.2, 0) is 4.74 Å². The maximum absolute atomic E-state index is 11.4. The second kappa shape index (κ2) is 7.52. The number of hydrogen-bond acceptors (Lipinski definition) is 6. The van der Waals surface area contributed by atoms with Gasteiger partial charge in [0.1, 0.15) is 12.3 Å². The lowest BCUT2D eigenvalue weighted by Gasteiger charge is -2.29. The van der Waals surface area contributed by atoms with Crippen molar-refractivity contribution in [2.45, 2.75) is 19.9 Å². The summed E-state index contributed by atoms with van der Waals surface area (Å²) in [4.78, 5) is 18.2. The summed E-state index contributed by atoms with van der Waals surface area (Å²) in [5, 5.41) is 6.90. The molecule has 2 aliphatic heterocycles. The normalized spacial score (nSPS) is 18.9. The molecule has 1 saturated heterocycles. The van der Waals surface area contributed by atoms with Crippen LogP contribution in [0.2, 0.25) is 0 Å². The highest BCUT2D eigenvalue weighted by Gasteiger charge is 2.24. The second-order valence-electron chi connectivity index (χ2n) is 6.36. The number of nitrogens with zero attached hydrogens (tertiary/aromatic N) is 4. The third-order valence-corrected chi connectivity index (χ3v) is 4.16. The average Bonchev–Trinajstić information content (AvgIpc) is 2.97. The highest BCUT2D eigenvalue weighted by atomic mass is 16.5. The molecule has 0 saturated carbocycles. The van der Waals surface area contributed by atoms with Gasteiger partial charge in [-0.2, -0.15) is 0 Å². The Balaban J connectivity index is 1.95. The van der Waals surface area contributed by atoms with Crippen LogP contribution in [0.15, 0.2) is 28.3 Å². The average molecular weight is 358 g/mol. The number of amides is 2. The zero-order valence-corrected chi connectivity index (χ0v) is 15.0. The molecule has 0 unspecified atom stereocenters. The summed E-state index contributed by atoms with van der Waals surface area (Å²) in [6, 6.07) is 5.14. The van der Waals surface area contributed by atoms with Crippen LogP contribution in [0.4, 0.5) is 21.9 Å². The number of nitrogens with one attached hydrogen (secondary N) is 1. The monoisotopic (exact) mass is 358 g/mol. The van der Waals surface area contributed by atoms with Crippen molar-refractivity contribution in [2.24, 2.45) is 21.6 Å². The van der Waals surface area contributed by atoms with Gasteiger partial charge in [0.15, 0.2) is 5.71 Å². The van der Waals surface area contributed by atoms with Crippen molar-refractivity contribution < 1.29 is 14.2 Å². The third-order valence-electron chi connectivity index (χ3n) is 4.16. The molecule has 1 aromatic rings. The first-order chi connectivity index (χ1) is 12.5. The van der Waals surface area contributed by atoms with E-state index in [0.717, 1.165) is 18.8 Å². The fourth-order valence-electron chi connectivity index (χ4n) is 2.86. The van der Waals surface area contributed by atoms with Gasteiger partial charge in [0.2, 0.25) is 0 Å². The van der Waals surface area contributed by atoms with Crippen LogP contribution >= 0.6 is 0 Å². The largest absolute Gasteiger partial charge is 0.378 e. The van der Waals surface area contributed by atoms with Crippen molar-refractivity contribution in [1.82, 2.24) is 0 Å². The predicted octanol–water partition coefficient (Wildman–Crippen LogP) is 0.864. The van der Waals surface area contributed by atoms with E-state index < -0.39 is 6.03 Å². The minimum absolute atomic E-state index is 0.130. The highest BCUT2D eigenvalue weighted by Crippen LogP contribution is 2.31. The number of ether oxygens (including phenoxy) is 1. The first-order valence-electron chi connectivity index (χ1n) is 8.53. The molecular formula is C17H24N7O2+. The van der Waals surface area contributed by atoms with Gasteiger partial charge in [0.25, 0.3) is 0 Å². The van der Waals surface area contributed by atoms with Crippen molar-refractivity contribution in [3.8, 4) is 0 Å². The molecule has 1 fully saturated rings. The Morgan fingerprint density at radius 2 is 2.12 bits per heavy atom. The SMILES string of the molecule is CC(C)[N+]1=C(N)C(=Nc2ccc(N3CCOCC3)cc2NC(N)=O)C=N1. The quantitative estimate of drug-likeness (QED) is 0.691. The van der Waals surface area contributed by atoms with Crippen molar-refractivity contribution in [2.75, 3.05) is 36.5 Å². The molecule has 2 heterocycles. The number of hydrogen-bond donors (Lipinski definition) is 3. The van der Waals surface area contributed by atoms with E-state index in [1.54, 1.807) is 10.9 Å². The predicted molar refractivity (Wildman–Crippen MR) is 103 cm³/mol. The first-order valence-corrected chi connectivity index (χ1v) is 8.53. The zero-order chi connectivity index (χ0) is 18.7. The lowest BCUT2D eigenvalue weighted by molar-refractivity contribution is -0.560. The van der Waals surface area contributed by atoms with Gasteiger partial charge in [-0.25, -0.2) is 9.79 Å². The number of amidine groups is 1. The van der Waals surface area contributed by atoms with E-state index in [1.165, 1.54) is 0 Å². The third kappa shape index (κ3) is 3.83. The standard InChI is InChI=1S/C17H23N7O2/c1-11(2)24-16(18)15(10-20-24)21-13-4-3-12(9-14(13)22-17(19)25)23-5-7-26-8-6-23/h3-4,9-11H,5-8H2,1-2H3,(H4,18,19,20,22,25)/p+1. The van der Waals surface area contributed by atoms with Gasteiger partial charge in [-0.05, 0) is 32.0 Å². The molecule has 0 bridgehead atoms. The van der Waals surface area contributed by atoms with Crippen LogP contribution in [-0.4, -0.2) is 60.8 Å². The number of benzene rings is 1. The molecule has 0 aromatic heterocycles. The van der Waals surface area contributed by atoms with Crippen LogP contribution in [0.25, 0.3) is 0 Å². The van der Waals surface area contributed by atoms with E-state index >= 15 is 0 Å². The van der Waals surface area contributed by atoms with E-state index in [0.29, 0.717) is 36.1 Å². The molecule has 3 rings (SSSR count). The van der Waals surface area contributed by atoms with Crippen LogP contribution < -0.4 is 21.7 Å². The Hall–Kier alpha value is -2.94. The Morgan fingerprint density at radius 3 is 2.73 bits per heavy atom. The van der Waals surface area contributed by atoms with Gasteiger partial charge in [-0.15, -0.1) is 4.68 Å². The summed E-state index contributed by atoms with van der Waals surface area (Å²) in [6.07, 6.45) is 1.61. The lowest BCUT2D eigenvalue weighted by Crippen LogP contribution is -2.36. The van der Waals surface area contributed by atoms with Gasteiger partial charge < -0.3 is 20.7 Å². The zero-order valence-electron chi connectivity index (χ0n) is 15.0. The molecule has 2 aliphatic rings. The molecule has 9 heteroatoms. The van der Waals surface area contributed by atoms with E-state index in [2.05, 4.69) is 20.3 Å². The molecule has 2 amide bonds. The molecule has 26 heavy (non-hydrogen) atoms. The molecule has 5 N–H and O–H groups in total. The van der Waals surface area contributed by atoms with Crippen molar-refractivity contribution in [1.29, 1.82) is 0 Å². The minimum Gasteiger partial charge on any atom is -0.378 e. The molecule has 0 spiro atoms. The molecule has 9 nitrogen and oxygen atoms in total. The summed E-state index contributed by atoms with van der Waals surface area (Å²) in [7, 11) is 0. The smallest absolute Gasteiger partial charge is 0.321 e. The number of aliphatic imine (C=N–C) groups is 1. The summed E-state index contributed by atoms with van der Waals surface area (Å²) in [5.41, 5.74) is 14.1. The van der Waals surface area contributed by atoms with Gasteiger partial charge in [0, 0.05) is 18.8 Å². The Kier molecular flexibility index (Phi) is 5.17. The van der Waals surface area contributed by atoms with Gasteiger partial charge in [-0.1, -0.05) is 5.10 Å². The summed E-state index contributed by atoms with van der Waals surface area (Å²) < 4.78 is 7.08. The number of hydrazone groups is 1.